The lowest BCUT2D eigenvalue weighted by atomic mass is 9.76. The van der Waals surface area contributed by atoms with E-state index in [0.29, 0.717) is 12.0 Å². The molecule has 0 bridgehead atoms. The molecule has 1 saturated carbocycles. The van der Waals surface area contributed by atoms with E-state index in [1.807, 2.05) is 27.7 Å². The summed E-state index contributed by atoms with van der Waals surface area (Å²) in [5.74, 6) is 0.674. The third-order valence-electron chi connectivity index (χ3n) is 3.88. The van der Waals surface area contributed by atoms with Crippen LogP contribution in [0, 0.1) is 0 Å². The van der Waals surface area contributed by atoms with E-state index in [2.05, 4.69) is 41.0 Å². The van der Waals surface area contributed by atoms with Crippen molar-refractivity contribution in [2.24, 2.45) is 0 Å². The first-order chi connectivity index (χ1) is 10.3. The molecular formula is C18H28N2O2. The number of amides is 1. The van der Waals surface area contributed by atoms with Crippen LogP contribution in [0.2, 0.25) is 0 Å². The van der Waals surface area contributed by atoms with Crippen LogP contribution in [0.3, 0.4) is 0 Å². The molecule has 0 heterocycles. The predicted molar refractivity (Wildman–Crippen MR) is 89.0 cm³/mol. The van der Waals surface area contributed by atoms with Crippen LogP contribution >= 0.6 is 0 Å². The van der Waals surface area contributed by atoms with Crippen LogP contribution in [0.4, 0.5) is 4.79 Å². The second-order valence-electron chi connectivity index (χ2n) is 7.23. The quantitative estimate of drug-likeness (QED) is 0.876. The Morgan fingerprint density at radius 3 is 2.50 bits per heavy atom. The molecule has 22 heavy (non-hydrogen) atoms. The summed E-state index contributed by atoms with van der Waals surface area (Å²) in [4.78, 5) is 11.7. The van der Waals surface area contributed by atoms with Crippen LogP contribution < -0.4 is 10.6 Å². The van der Waals surface area contributed by atoms with Crippen LogP contribution in [-0.2, 0) is 4.74 Å². The van der Waals surface area contributed by atoms with Crippen molar-refractivity contribution in [1.29, 1.82) is 0 Å². The minimum atomic E-state index is -0.450. The van der Waals surface area contributed by atoms with Crippen LogP contribution in [0.1, 0.15) is 52.0 Å². The van der Waals surface area contributed by atoms with Gasteiger partial charge in [0.1, 0.15) is 5.60 Å². The van der Waals surface area contributed by atoms with Gasteiger partial charge in [-0.1, -0.05) is 30.3 Å². The van der Waals surface area contributed by atoms with E-state index in [1.54, 1.807) is 0 Å². The van der Waals surface area contributed by atoms with Gasteiger partial charge in [0.15, 0.2) is 0 Å². The minimum Gasteiger partial charge on any atom is -0.444 e. The Morgan fingerprint density at radius 1 is 1.27 bits per heavy atom. The number of rotatable bonds is 5. The molecule has 1 unspecified atom stereocenters. The van der Waals surface area contributed by atoms with Crippen molar-refractivity contribution in [2.75, 3.05) is 6.54 Å². The van der Waals surface area contributed by atoms with Crippen molar-refractivity contribution in [1.82, 2.24) is 10.6 Å². The second-order valence-corrected chi connectivity index (χ2v) is 7.23. The van der Waals surface area contributed by atoms with Crippen molar-refractivity contribution in [3.8, 4) is 0 Å². The lowest BCUT2D eigenvalue weighted by Gasteiger charge is -2.37. The summed E-state index contributed by atoms with van der Waals surface area (Å²) in [5.41, 5.74) is 0.981. The van der Waals surface area contributed by atoms with Gasteiger partial charge in [-0.05, 0) is 52.0 Å². The summed E-state index contributed by atoms with van der Waals surface area (Å²) in [6, 6.07) is 11.3. The van der Waals surface area contributed by atoms with Crippen LogP contribution in [-0.4, -0.2) is 30.3 Å². The molecule has 1 aliphatic carbocycles. The Labute approximate surface area is 133 Å². The molecule has 0 saturated heterocycles. The highest BCUT2D eigenvalue weighted by atomic mass is 16.6. The van der Waals surface area contributed by atoms with Gasteiger partial charge in [0.25, 0.3) is 0 Å². The van der Waals surface area contributed by atoms with Gasteiger partial charge in [-0.25, -0.2) is 4.79 Å². The molecule has 1 atom stereocenters. The van der Waals surface area contributed by atoms with Crippen LogP contribution in [0.25, 0.3) is 0 Å². The van der Waals surface area contributed by atoms with Gasteiger partial charge in [-0.15, -0.1) is 0 Å². The molecule has 0 radical (unpaired) electrons. The highest BCUT2D eigenvalue weighted by molar-refractivity contribution is 5.68. The number of ether oxygens (including phenoxy) is 1. The first-order valence-corrected chi connectivity index (χ1v) is 8.11. The predicted octanol–water partition coefficient (Wildman–Crippen LogP) is 3.44. The van der Waals surface area contributed by atoms with E-state index in [4.69, 9.17) is 4.74 Å². The second kappa shape index (κ2) is 7.14. The highest BCUT2D eigenvalue weighted by Crippen LogP contribution is 2.36. The van der Waals surface area contributed by atoms with Crippen LogP contribution in [0.5, 0.6) is 0 Å². The first kappa shape index (κ1) is 16.8. The normalized spacial score (nSPS) is 22.5. The number of carbonyl (C=O) groups excluding carboxylic acids is 1. The number of benzene rings is 1. The molecule has 4 heteroatoms. The average Bonchev–Trinajstić information content (AvgIpc) is 2.35. The molecular weight excluding hydrogens is 276 g/mol. The molecule has 0 aliphatic heterocycles. The fraction of sp³-hybridized carbons (Fsp3) is 0.611. The topological polar surface area (TPSA) is 50.4 Å². The van der Waals surface area contributed by atoms with Gasteiger partial charge < -0.3 is 15.4 Å². The lowest BCUT2D eigenvalue weighted by Crippen LogP contribution is -2.48. The Balaban J connectivity index is 1.62. The van der Waals surface area contributed by atoms with E-state index in [1.165, 1.54) is 18.4 Å². The van der Waals surface area contributed by atoms with Gasteiger partial charge in [-0.3, -0.25) is 0 Å². The van der Waals surface area contributed by atoms with Gasteiger partial charge in [0, 0.05) is 18.6 Å². The molecule has 2 rings (SSSR count). The third-order valence-corrected chi connectivity index (χ3v) is 3.88. The summed E-state index contributed by atoms with van der Waals surface area (Å²) in [7, 11) is 0. The number of hydrogen-bond acceptors (Lipinski definition) is 3. The summed E-state index contributed by atoms with van der Waals surface area (Å²) >= 11 is 0. The van der Waals surface area contributed by atoms with Crippen molar-refractivity contribution in [3.63, 3.8) is 0 Å². The van der Waals surface area contributed by atoms with E-state index < -0.39 is 5.60 Å². The minimum absolute atomic E-state index is 0.0608. The van der Waals surface area contributed by atoms with Crippen LogP contribution in [0.15, 0.2) is 30.3 Å². The van der Waals surface area contributed by atoms with Gasteiger partial charge in [0.05, 0.1) is 0 Å². The van der Waals surface area contributed by atoms with E-state index in [0.717, 1.165) is 6.54 Å². The zero-order chi connectivity index (χ0) is 16.2. The molecule has 122 valence electrons. The number of nitrogens with one attached hydrogen (secondary N) is 2. The molecule has 1 amide bonds. The van der Waals surface area contributed by atoms with Gasteiger partial charge >= 0.3 is 6.09 Å². The Bertz CT molecular complexity index is 476. The molecule has 0 aromatic heterocycles. The standard InChI is InChI=1S/C18H28N2O2/c1-13(20-17(21)22-18(2,3)4)12-19-16-10-15(11-16)14-8-6-5-7-9-14/h5-9,13,15-16,19H,10-12H2,1-4H3,(H,20,21). The zero-order valence-corrected chi connectivity index (χ0v) is 14.1. The van der Waals surface area contributed by atoms with E-state index in [-0.39, 0.29) is 12.1 Å². The summed E-state index contributed by atoms with van der Waals surface area (Å²) < 4.78 is 5.25. The molecule has 1 aliphatic rings. The summed E-state index contributed by atoms with van der Waals surface area (Å²) in [5, 5.41) is 6.38. The van der Waals surface area contributed by atoms with Gasteiger partial charge in [-0.2, -0.15) is 0 Å². The largest absolute Gasteiger partial charge is 0.444 e. The number of alkyl carbamates (subject to hydrolysis) is 1. The first-order valence-electron chi connectivity index (χ1n) is 8.11. The number of carbonyl (C=O) groups is 1. The molecule has 0 spiro atoms. The smallest absolute Gasteiger partial charge is 0.407 e. The van der Waals surface area contributed by atoms with Gasteiger partial charge in [0.2, 0.25) is 0 Å². The monoisotopic (exact) mass is 304 g/mol. The van der Waals surface area contributed by atoms with Crippen molar-refractivity contribution in [2.45, 2.75) is 64.1 Å². The van der Waals surface area contributed by atoms with E-state index in [9.17, 15) is 4.79 Å². The van der Waals surface area contributed by atoms with E-state index >= 15 is 0 Å². The molecule has 1 aromatic carbocycles. The Morgan fingerprint density at radius 2 is 1.91 bits per heavy atom. The summed E-state index contributed by atoms with van der Waals surface area (Å²) in [6.45, 7) is 8.37. The third kappa shape index (κ3) is 5.34. The SMILES string of the molecule is CC(CNC1CC(c2ccccc2)C1)NC(=O)OC(C)(C)C. The molecule has 1 aromatic rings. The Kier molecular flexibility index (Phi) is 5.46. The molecule has 4 nitrogen and oxygen atoms in total. The fourth-order valence-electron chi connectivity index (χ4n) is 2.69. The molecule has 1 fully saturated rings. The molecule has 2 N–H and O–H groups in total. The summed E-state index contributed by atoms with van der Waals surface area (Å²) in [6.07, 6.45) is 1.99. The maximum atomic E-state index is 11.7. The highest BCUT2D eigenvalue weighted by Gasteiger charge is 2.30. The number of hydrogen-bond donors (Lipinski definition) is 2. The van der Waals surface area contributed by atoms with Crippen molar-refractivity contribution < 1.29 is 9.53 Å². The Hall–Kier alpha value is -1.55. The maximum Gasteiger partial charge on any atom is 0.407 e. The van der Waals surface area contributed by atoms with Crippen molar-refractivity contribution in [3.05, 3.63) is 35.9 Å². The fourth-order valence-corrected chi connectivity index (χ4v) is 2.69. The lowest BCUT2D eigenvalue weighted by molar-refractivity contribution is 0.0506. The van der Waals surface area contributed by atoms with Crippen molar-refractivity contribution >= 4 is 6.09 Å². The zero-order valence-electron chi connectivity index (χ0n) is 14.1. The maximum absolute atomic E-state index is 11.7. The average molecular weight is 304 g/mol.